The maximum Gasteiger partial charge on any atom is 0.212 e. The zero-order valence-electron chi connectivity index (χ0n) is 10.7. The summed E-state index contributed by atoms with van der Waals surface area (Å²) in [6, 6.07) is 12.2. The normalized spacial score (nSPS) is 13.9. The minimum Gasteiger partial charge on any atom is -0.186 e. The van der Waals surface area contributed by atoms with Crippen molar-refractivity contribution in [2.75, 3.05) is 5.75 Å². The first-order valence-corrected chi connectivity index (χ1v) is 8.93. The van der Waals surface area contributed by atoms with Crippen molar-refractivity contribution >= 4 is 44.7 Å². The van der Waals surface area contributed by atoms with E-state index in [1.807, 2.05) is 35.0 Å². The first-order chi connectivity index (χ1) is 10.3. The molecule has 21 heavy (non-hydrogen) atoms. The van der Waals surface area contributed by atoms with Crippen molar-refractivity contribution in [1.29, 1.82) is 0 Å². The molecule has 3 heterocycles. The van der Waals surface area contributed by atoms with Gasteiger partial charge < -0.3 is 0 Å². The molecule has 0 saturated carbocycles. The second kappa shape index (κ2) is 5.40. The summed E-state index contributed by atoms with van der Waals surface area (Å²) in [4.78, 5) is 1.20. The first kappa shape index (κ1) is 13.2. The molecular formula is C14H9BrN4S2. The quantitative estimate of drug-likeness (QED) is 0.675. The Bertz CT molecular complexity index is 823. The van der Waals surface area contributed by atoms with Crippen LogP contribution in [0, 0.1) is 0 Å². The van der Waals surface area contributed by atoms with Crippen molar-refractivity contribution in [1.82, 2.24) is 14.9 Å². The lowest BCUT2D eigenvalue weighted by molar-refractivity contribution is 0.763. The Hall–Kier alpha value is -1.44. The van der Waals surface area contributed by atoms with Crippen molar-refractivity contribution < 1.29 is 0 Å². The molecule has 0 amide bonds. The summed E-state index contributed by atoms with van der Waals surface area (Å²) >= 11 is 6.86. The van der Waals surface area contributed by atoms with E-state index < -0.39 is 0 Å². The Labute approximate surface area is 138 Å². The van der Waals surface area contributed by atoms with Crippen LogP contribution < -0.4 is 0 Å². The maximum absolute atomic E-state index is 4.74. The van der Waals surface area contributed by atoms with Gasteiger partial charge in [0.15, 0.2) is 5.82 Å². The molecule has 0 radical (unpaired) electrons. The molecule has 3 aromatic rings. The van der Waals surface area contributed by atoms with Crippen LogP contribution in [0.3, 0.4) is 0 Å². The van der Waals surface area contributed by atoms with Gasteiger partial charge in [-0.1, -0.05) is 45.9 Å². The van der Waals surface area contributed by atoms with E-state index >= 15 is 0 Å². The lowest BCUT2D eigenvalue weighted by Crippen LogP contribution is -2.12. The van der Waals surface area contributed by atoms with Gasteiger partial charge in [0, 0.05) is 15.8 Å². The Morgan fingerprint density at radius 3 is 2.90 bits per heavy atom. The Morgan fingerprint density at radius 2 is 2.10 bits per heavy atom. The molecular weight excluding hydrogens is 368 g/mol. The SMILES string of the molecule is Brc1cccc(-c2nnc3n2N=C(c2cccs2)CS3)c1. The van der Waals surface area contributed by atoms with Gasteiger partial charge in [-0.25, -0.2) is 0 Å². The van der Waals surface area contributed by atoms with Gasteiger partial charge in [-0.05, 0) is 23.6 Å². The maximum atomic E-state index is 4.74. The number of nitrogens with zero attached hydrogens (tertiary/aromatic N) is 4. The van der Waals surface area contributed by atoms with E-state index in [1.165, 1.54) is 4.88 Å². The summed E-state index contributed by atoms with van der Waals surface area (Å²) in [6.07, 6.45) is 0. The highest BCUT2D eigenvalue weighted by molar-refractivity contribution is 9.10. The van der Waals surface area contributed by atoms with Gasteiger partial charge >= 0.3 is 0 Å². The number of benzene rings is 1. The molecule has 0 bridgehead atoms. The molecule has 104 valence electrons. The summed E-state index contributed by atoms with van der Waals surface area (Å²) in [5.74, 6) is 1.60. The van der Waals surface area contributed by atoms with Crippen LogP contribution in [-0.2, 0) is 0 Å². The Kier molecular flexibility index (Phi) is 3.40. The fourth-order valence-electron chi connectivity index (χ4n) is 2.10. The van der Waals surface area contributed by atoms with Crippen molar-refractivity contribution in [3.8, 4) is 11.4 Å². The molecule has 0 aliphatic carbocycles. The van der Waals surface area contributed by atoms with Crippen LogP contribution in [0.15, 0.2) is 56.5 Å². The molecule has 1 aliphatic rings. The summed E-state index contributed by atoms with van der Waals surface area (Å²) in [7, 11) is 0. The highest BCUT2D eigenvalue weighted by Gasteiger charge is 2.21. The van der Waals surface area contributed by atoms with E-state index in [9.17, 15) is 0 Å². The van der Waals surface area contributed by atoms with Crippen LogP contribution in [0.2, 0.25) is 0 Å². The predicted octanol–water partition coefficient (Wildman–Crippen LogP) is 4.13. The van der Waals surface area contributed by atoms with E-state index in [0.29, 0.717) is 0 Å². The number of hydrogen-bond acceptors (Lipinski definition) is 5. The Balaban J connectivity index is 1.83. The van der Waals surface area contributed by atoms with E-state index in [1.54, 1.807) is 23.1 Å². The summed E-state index contributed by atoms with van der Waals surface area (Å²) in [6.45, 7) is 0. The van der Waals surface area contributed by atoms with Crippen molar-refractivity contribution in [2.45, 2.75) is 5.16 Å². The highest BCUT2D eigenvalue weighted by atomic mass is 79.9. The average Bonchev–Trinajstić information content (AvgIpc) is 3.16. The number of thioether (sulfide) groups is 1. The fraction of sp³-hybridized carbons (Fsp3) is 0.0714. The number of thiophene rings is 1. The highest BCUT2D eigenvalue weighted by Crippen LogP contribution is 2.30. The lowest BCUT2D eigenvalue weighted by atomic mass is 10.2. The van der Waals surface area contributed by atoms with Crippen LogP contribution >= 0.6 is 39.0 Å². The number of aromatic nitrogens is 3. The zero-order chi connectivity index (χ0) is 14.2. The van der Waals surface area contributed by atoms with Gasteiger partial charge in [0.25, 0.3) is 0 Å². The third kappa shape index (κ3) is 2.45. The molecule has 1 aromatic carbocycles. The second-order valence-corrected chi connectivity index (χ2v) is 7.25. The smallest absolute Gasteiger partial charge is 0.186 e. The molecule has 0 spiro atoms. The van der Waals surface area contributed by atoms with E-state index in [-0.39, 0.29) is 0 Å². The van der Waals surface area contributed by atoms with Crippen LogP contribution in [0.4, 0.5) is 0 Å². The summed E-state index contributed by atoms with van der Waals surface area (Å²) in [5.41, 5.74) is 2.07. The lowest BCUT2D eigenvalue weighted by Gasteiger charge is -2.12. The number of fused-ring (bicyclic) bond motifs is 1. The average molecular weight is 377 g/mol. The van der Waals surface area contributed by atoms with Crippen LogP contribution in [0.1, 0.15) is 4.88 Å². The molecule has 1 aliphatic heterocycles. The number of halogens is 1. The van der Waals surface area contributed by atoms with Crippen LogP contribution in [0.5, 0.6) is 0 Å². The van der Waals surface area contributed by atoms with Crippen LogP contribution in [0.25, 0.3) is 11.4 Å². The fourth-order valence-corrected chi connectivity index (χ4v) is 4.13. The first-order valence-electron chi connectivity index (χ1n) is 6.27. The van der Waals surface area contributed by atoms with Gasteiger partial charge in [-0.15, -0.1) is 21.5 Å². The molecule has 2 aromatic heterocycles. The zero-order valence-corrected chi connectivity index (χ0v) is 14.0. The van der Waals surface area contributed by atoms with Gasteiger partial charge in [0.1, 0.15) is 0 Å². The Morgan fingerprint density at radius 1 is 1.14 bits per heavy atom. The van der Waals surface area contributed by atoms with Crippen molar-refractivity contribution in [3.05, 3.63) is 51.1 Å². The molecule has 7 heteroatoms. The second-order valence-electron chi connectivity index (χ2n) is 4.44. The third-order valence-corrected chi connectivity index (χ3v) is 5.40. The minimum atomic E-state index is 0.771. The molecule has 4 nitrogen and oxygen atoms in total. The van der Waals surface area contributed by atoms with Crippen molar-refractivity contribution in [3.63, 3.8) is 0 Å². The van der Waals surface area contributed by atoms with Crippen LogP contribution in [-0.4, -0.2) is 26.3 Å². The largest absolute Gasteiger partial charge is 0.212 e. The predicted molar refractivity (Wildman–Crippen MR) is 90.1 cm³/mol. The van der Waals surface area contributed by atoms with Gasteiger partial charge in [-0.2, -0.15) is 9.78 Å². The van der Waals surface area contributed by atoms with E-state index in [2.05, 4.69) is 37.6 Å². The van der Waals surface area contributed by atoms with E-state index in [0.717, 1.165) is 32.5 Å². The molecule has 4 rings (SSSR count). The molecule has 0 atom stereocenters. The monoisotopic (exact) mass is 376 g/mol. The standard InChI is InChI=1S/C14H9BrN4S2/c15-10-4-1-3-9(7-10)13-16-17-14-19(13)18-11(8-21-14)12-5-2-6-20-12/h1-7H,8H2. The molecule has 0 saturated heterocycles. The van der Waals surface area contributed by atoms with E-state index in [4.69, 9.17) is 5.10 Å². The summed E-state index contributed by atoms with van der Waals surface area (Å²) in [5, 5.41) is 16.2. The number of hydrogen-bond donors (Lipinski definition) is 0. The van der Waals surface area contributed by atoms with Gasteiger partial charge in [-0.3, -0.25) is 0 Å². The summed E-state index contributed by atoms with van der Waals surface area (Å²) < 4.78 is 2.86. The molecule has 0 unspecified atom stereocenters. The number of rotatable bonds is 2. The molecule has 0 N–H and O–H groups in total. The molecule has 0 fully saturated rings. The topological polar surface area (TPSA) is 43.1 Å². The van der Waals surface area contributed by atoms with Crippen molar-refractivity contribution in [2.24, 2.45) is 5.10 Å². The van der Waals surface area contributed by atoms with Gasteiger partial charge in [0.2, 0.25) is 5.16 Å². The van der Waals surface area contributed by atoms with Gasteiger partial charge in [0.05, 0.1) is 10.6 Å². The minimum absolute atomic E-state index is 0.771. The third-order valence-electron chi connectivity index (χ3n) is 3.06.